The summed E-state index contributed by atoms with van der Waals surface area (Å²) in [6.07, 6.45) is 3.27. The third-order valence-electron chi connectivity index (χ3n) is 3.87. The maximum atomic E-state index is 11.9. The average Bonchev–Trinajstić information content (AvgIpc) is 2.36. The number of hydrogen-bond donors (Lipinski definition) is 2. The molecule has 0 aromatic heterocycles. The van der Waals surface area contributed by atoms with Gasteiger partial charge >= 0.3 is 0 Å². The zero-order chi connectivity index (χ0) is 13.7. The molecule has 2 N–H and O–H groups in total. The van der Waals surface area contributed by atoms with Gasteiger partial charge in [0.2, 0.25) is 5.91 Å². The molecular formula is C16H25N2O+. The fourth-order valence-corrected chi connectivity index (χ4v) is 2.86. The number of anilines is 1. The predicted molar refractivity (Wildman–Crippen MR) is 78.4 cm³/mol. The van der Waals surface area contributed by atoms with Crippen LogP contribution in [0.25, 0.3) is 0 Å². The van der Waals surface area contributed by atoms with Gasteiger partial charge in [-0.25, -0.2) is 0 Å². The highest BCUT2D eigenvalue weighted by molar-refractivity contribution is 5.90. The summed E-state index contributed by atoms with van der Waals surface area (Å²) in [7, 11) is 0. The molecule has 2 rings (SSSR count). The molecule has 3 nitrogen and oxygen atoms in total. The second-order valence-corrected chi connectivity index (χ2v) is 5.87. The van der Waals surface area contributed by atoms with Crippen LogP contribution in [0.15, 0.2) is 24.3 Å². The molecule has 19 heavy (non-hydrogen) atoms. The molecule has 3 heteroatoms. The number of nitrogens with one attached hydrogen (secondary N) is 2. The van der Waals surface area contributed by atoms with E-state index in [1.165, 1.54) is 31.5 Å². The van der Waals surface area contributed by atoms with Gasteiger partial charge in [-0.15, -0.1) is 0 Å². The van der Waals surface area contributed by atoms with Crippen LogP contribution < -0.4 is 10.2 Å². The van der Waals surface area contributed by atoms with Gasteiger partial charge in [-0.3, -0.25) is 4.79 Å². The maximum absolute atomic E-state index is 11.9. The molecule has 0 radical (unpaired) electrons. The molecule has 1 aromatic rings. The maximum Gasteiger partial charge on any atom is 0.230 e. The number of rotatable bonds is 4. The highest BCUT2D eigenvalue weighted by Gasteiger charge is 2.20. The second-order valence-electron chi connectivity index (χ2n) is 5.87. The summed E-state index contributed by atoms with van der Waals surface area (Å²) in [6, 6.07) is 7.96. The molecule has 1 fully saturated rings. The summed E-state index contributed by atoms with van der Waals surface area (Å²) in [4.78, 5) is 13.5. The minimum Gasteiger partial charge on any atom is -0.334 e. The molecule has 2 atom stereocenters. The SMILES string of the molecule is Cc1cccc(NC(=O)CC[NH+]2CCCC(C)C2)c1. The molecule has 104 valence electrons. The zero-order valence-corrected chi connectivity index (χ0v) is 12.0. The number of piperidine rings is 1. The molecule has 2 unspecified atom stereocenters. The Hall–Kier alpha value is -1.35. The summed E-state index contributed by atoms with van der Waals surface area (Å²) in [6.45, 7) is 7.75. The Kier molecular flexibility index (Phi) is 4.97. The van der Waals surface area contributed by atoms with Crippen molar-refractivity contribution in [1.82, 2.24) is 0 Å². The van der Waals surface area contributed by atoms with Gasteiger partial charge in [0.15, 0.2) is 0 Å². The van der Waals surface area contributed by atoms with E-state index < -0.39 is 0 Å². The lowest BCUT2D eigenvalue weighted by molar-refractivity contribution is -0.907. The minimum absolute atomic E-state index is 0.135. The highest BCUT2D eigenvalue weighted by Crippen LogP contribution is 2.09. The van der Waals surface area contributed by atoms with Crippen LogP contribution in [-0.2, 0) is 4.79 Å². The first kappa shape index (κ1) is 14.1. The van der Waals surface area contributed by atoms with E-state index in [9.17, 15) is 4.79 Å². The summed E-state index contributed by atoms with van der Waals surface area (Å²) >= 11 is 0. The Bertz CT molecular complexity index is 431. The first-order chi connectivity index (χ1) is 9.13. The minimum atomic E-state index is 0.135. The smallest absolute Gasteiger partial charge is 0.230 e. The Morgan fingerprint density at radius 3 is 3.05 bits per heavy atom. The molecule has 1 saturated heterocycles. The van der Waals surface area contributed by atoms with E-state index in [-0.39, 0.29) is 5.91 Å². The van der Waals surface area contributed by atoms with Gasteiger partial charge in [-0.05, 0) is 37.5 Å². The lowest BCUT2D eigenvalue weighted by Crippen LogP contribution is -3.13. The third kappa shape index (κ3) is 4.67. The monoisotopic (exact) mass is 261 g/mol. The lowest BCUT2D eigenvalue weighted by Gasteiger charge is -2.27. The van der Waals surface area contributed by atoms with Crippen LogP contribution in [0.1, 0.15) is 31.7 Å². The molecule has 0 spiro atoms. The van der Waals surface area contributed by atoms with E-state index in [4.69, 9.17) is 0 Å². The predicted octanol–water partition coefficient (Wildman–Crippen LogP) is 1.64. The van der Waals surface area contributed by atoms with Crippen molar-refractivity contribution in [1.29, 1.82) is 0 Å². The van der Waals surface area contributed by atoms with Gasteiger partial charge in [0.05, 0.1) is 26.1 Å². The van der Waals surface area contributed by atoms with Crippen LogP contribution >= 0.6 is 0 Å². The van der Waals surface area contributed by atoms with E-state index in [2.05, 4.69) is 12.2 Å². The van der Waals surface area contributed by atoms with E-state index >= 15 is 0 Å². The van der Waals surface area contributed by atoms with Crippen LogP contribution in [0, 0.1) is 12.8 Å². The van der Waals surface area contributed by atoms with E-state index in [0.717, 1.165) is 18.2 Å². The van der Waals surface area contributed by atoms with Gasteiger partial charge < -0.3 is 10.2 Å². The van der Waals surface area contributed by atoms with Crippen molar-refractivity contribution in [3.8, 4) is 0 Å². The van der Waals surface area contributed by atoms with Gasteiger partial charge in [-0.2, -0.15) is 0 Å². The lowest BCUT2D eigenvalue weighted by atomic mass is 10.0. The van der Waals surface area contributed by atoms with Gasteiger partial charge in [0, 0.05) is 11.6 Å². The number of carbonyl (C=O) groups excluding carboxylic acids is 1. The molecule has 0 aliphatic carbocycles. The number of carbonyl (C=O) groups is 1. The molecule has 0 saturated carbocycles. The fraction of sp³-hybridized carbons (Fsp3) is 0.562. The number of benzene rings is 1. The quantitative estimate of drug-likeness (QED) is 0.849. The standard InChI is InChI=1S/C16H24N2O/c1-13-5-3-7-15(11-13)17-16(19)8-10-18-9-4-6-14(2)12-18/h3,5,7,11,14H,4,6,8-10,12H2,1-2H3,(H,17,19)/p+1. The molecule has 1 amide bonds. The number of quaternary nitrogens is 1. The van der Waals surface area contributed by atoms with Crippen LogP contribution in [-0.4, -0.2) is 25.5 Å². The van der Waals surface area contributed by atoms with E-state index in [0.29, 0.717) is 6.42 Å². The van der Waals surface area contributed by atoms with Gasteiger partial charge in [0.1, 0.15) is 0 Å². The summed E-state index contributed by atoms with van der Waals surface area (Å²) in [5.41, 5.74) is 2.08. The molecule has 1 heterocycles. The van der Waals surface area contributed by atoms with Crippen molar-refractivity contribution in [2.75, 3.05) is 25.0 Å². The zero-order valence-electron chi connectivity index (χ0n) is 12.0. The van der Waals surface area contributed by atoms with Crippen LogP contribution in [0.3, 0.4) is 0 Å². The summed E-state index contributed by atoms with van der Waals surface area (Å²) in [5.74, 6) is 0.944. The van der Waals surface area contributed by atoms with Crippen molar-refractivity contribution in [3.05, 3.63) is 29.8 Å². The van der Waals surface area contributed by atoms with E-state index in [1.54, 1.807) is 4.90 Å². The number of aryl methyl sites for hydroxylation is 1. The van der Waals surface area contributed by atoms with E-state index in [1.807, 2.05) is 31.2 Å². The van der Waals surface area contributed by atoms with Crippen molar-refractivity contribution in [2.24, 2.45) is 5.92 Å². The number of hydrogen-bond acceptors (Lipinski definition) is 1. The summed E-state index contributed by atoms with van der Waals surface area (Å²) in [5, 5.41) is 2.98. The molecule has 1 aromatic carbocycles. The normalized spacial score (nSPS) is 23.1. The fourth-order valence-electron chi connectivity index (χ4n) is 2.86. The number of likely N-dealkylation sites (tertiary alicyclic amines) is 1. The molecule has 1 aliphatic heterocycles. The Labute approximate surface area is 116 Å². The topological polar surface area (TPSA) is 33.5 Å². The van der Waals surface area contributed by atoms with Crippen molar-refractivity contribution < 1.29 is 9.69 Å². The third-order valence-corrected chi connectivity index (χ3v) is 3.87. The summed E-state index contributed by atoms with van der Waals surface area (Å²) < 4.78 is 0. The van der Waals surface area contributed by atoms with Crippen LogP contribution in [0.4, 0.5) is 5.69 Å². The Morgan fingerprint density at radius 1 is 1.47 bits per heavy atom. The van der Waals surface area contributed by atoms with Crippen LogP contribution in [0.2, 0.25) is 0 Å². The first-order valence-electron chi connectivity index (χ1n) is 7.33. The Morgan fingerprint density at radius 2 is 2.32 bits per heavy atom. The van der Waals surface area contributed by atoms with Crippen LogP contribution in [0.5, 0.6) is 0 Å². The van der Waals surface area contributed by atoms with Gasteiger partial charge in [0.25, 0.3) is 0 Å². The second kappa shape index (κ2) is 6.71. The number of amides is 1. The largest absolute Gasteiger partial charge is 0.334 e. The highest BCUT2D eigenvalue weighted by atomic mass is 16.1. The van der Waals surface area contributed by atoms with Crippen molar-refractivity contribution in [3.63, 3.8) is 0 Å². The molecular weight excluding hydrogens is 236 g/mol. The molecule has 1 aliphatic rings. The Balaban J connectivity index is 1.75. The molecule has 0 bridgehead atoms. The van der Waals surface area contributed by atoms with Gasteiger partial charge in [-0.1, -0.05) is 19.1 Å². The van der Waals surface area contributed by atoms with Crippen molar-refractivity contribution >= 4 is 11.6 Å². The first-order valence-corrected chi connectivity index (χ1v) is 7.33. The average molecular weight is 261 g/mol. The van der Waals surface area contributed by atoms with Crippen molar-refractivity contribution in [2.45, 2.75) is 33.1 Å².